The molecule has 104 valence electrons. The third-order valence-electron chi connectivity index (χ3n) is 3.36. The van der Waals surface area contributed by atoms with E-state index in [9.17, 15) is 0 Å². The number of benzene rings is 1. The molecule has 0 spiro atoms. The molecular weight excluding hydrogens is 266 g/mol. The molecule has 3 N–H and O–H groups in total. The summed E-state index contributed by atoms with van der Waals surface area (Å²) in [6, 6.07) is 8.20. The van der Waals surface area contributed by atoms with E-state index in [1.54, 1.807) is 0 Å². The van der Waals surface area contributed by atoms with Crippen LogP contribution >= 0.6 is 12.2 Å². The second-order valence-corrected chi connectivity index (χ2v) is 5.53. The average molecular weight is 285 g/mol. The maximum absolute atomic E-state index is 5.82. The topological polar surface area (TPSA) is 50.9 Å². The second kappa shape index (κ2) is 5.59. The van der Waals surface area contributed by atoms with Crippen molar-refractivity contribution in [3.8, 4) is 0 Å². The highest BCUT2D eigenvalue weighted by Gasteiger charge is 2.12. The van der Waals surface area contributed by atoms with Crippen LogP contribution in [0.5, 0.6) is 0 Å². The number of anilines is 2. The zero-order chi connectivity index (χ0) is 14.9. The van der Waals surface area contributed by atoms with Gasteiger partial charge in [-0.2, -0.15) is 0 Å². The highest BCUT2D eigenvalue weighted by molar-refractivity contribution is 7.80. The lowest BCUT2D eigenvalue weighted by molar-refractivity contribution is 1.17. The zero-order valence-corrected chi connectivity index (χ0v) is 13.1. The van der Waals surface area contributed by atoms with Crippen LogP contribution in [0.1, 0.15) is 27.9 Å². The Morgan fingerprint density at radius 1 is 1.05 bits per heavy atom. The minimum atomic E-state index is 0.362. The van der Waals surface area contributed by atoms with Crippen molar-refractivity contribution in [1.29, 1.82) is 0 Å². The Morgan fingerprint density at radius 2 is 1.75 bits per heavy atom. The summed E-state index contributed by atoms with van der Waals surface area (Å²) in [5, 5.41) is 3.32. The van der Waals surface area contributed by atoms with Gasteiger partial charge in [0.1, 0.15) is 10.8 Å². The van der Waals surface area contributed by atoms with Crippen LogP contribution in [0, 0.1) is 27.7 Å². The Morgan fingerprint density at radius 3 is 2.35 bits per heavy atom. The molecule has 0 unspecified atom stereocenters. The molecule has 4 heteroatoms. The lowest BCUT2D eigenvalue weighted by Crippen LogP contribution is -2.15. The van der Waals surface area contributed by atoms with Crippen molar-refractivity contribution in [2.75, 3.05) is 5.32 Å². The molecule has 3 nitrogen and oxygen atoms in total. The second-order valence-electron chi connectivity index (χ2n) is 5.09. The van der Waals surface area contributed by atoms with Crippen molar-refractivity contribution in [3.05, 3.63) is 52.2 Å². The van der Waals surface area contributed by atoms with E-state index in [-0.39, 0.29) is 0 Å². The van der Waals surface area contributed by atoms with E-state index in [4.69, 9.17) is 18.0 Å². The first-order chi connectivity index (χ1) is 9.38. The Bertz CT molecular complexity index is 678. The molecule has 0 saturated carbocycles. The van der Waals surface area contributed by atoms with Gasteiger partial charge in [-0.15, -0.1) is 0 Å². The van der Waals surface area contributed by atoms with Crippen LogP contribution < -0.4 is 11.1 Å². The van der Waals surface area contributed by atoms with Gasteiger partial charge in [-0.25, -0.2) is 4.98 Å². The van der Waals surface area contributed by atoms with E-state index < -0.39 is 0 Å². The van der Waals surface area contributed by atoms with Crippen molar-refractivity contribution in [1.82, 2.24) is 4.98 Å². The van der Waals surface area contributed by atoms with E-state index in [1.165, 1.54) is 11.1 Å². The Hall–Kier alpha value is -1.94. The monoisotopic (exact) mass is 285 g/mol. The van der Waals surface area contributed by atoms with Gasteiger partial charge in [0.25, 0.3) is 0 Å². The van der Waals surface area contributed by atoms with Gasteiger partial charge in [-0.05, 0) is 62.6 Å². The number of nitrogens with one attached hydrogen (secondary N) is 1. The molecule has 0 aliphatic heterocycles. The van der Waals surface area contributed by atoms with Gasteiger partial charge < -0.3 is 11.1 Å². The first kappa shape index (κ1) is 14.5. The molecule has 20 heavy (non-hydrogen) atoms. The van der Waals surface area contributed by atoms with Gasteiger partial charge in [-0.3, -0.25) is 0 Å². The summed E-state index contributed by atoms with van der Waals surface area (Å²) < 4.78 is 0. The van der Waals surface area contributed by atoms with Crippen LogP contribution in [-0.2, 0) is 0 Å². The minimum absolute atomic E-state index is 0.362. The molecule has 2 rings (SSSR count). The quantitative estimate of drug-likeness (QED) is 0.844. The summed E-state index contributed by atoms with van der Waals surface area (Å²) in [5.41, 5.74) is 12.1. The smallest absolute Gasteiger partial charge is 0.141 e. The lowest BCUT2D eigenvalue weighted by atomic mass is 10.1. The van der Waals surface area contributed by atoms with Crippen LogP contribution in [0.15, 0.2) is 24.3 Å². The number of thiocarbonyl (C=S) groups is 1. The molecule has 0 aliphatic rings. The number of aromatic nitrogens is 1. The highest BCUT2D eigenvalue weighted by Crippen LogP contribution is 2.24. The van der Waals surface area contributed by atoms with Crippen molar-refractivity contribution >= 4 is 28.7 Å². The lowest BCUT2D eigenvalue weighted by Gasteiger charge is -2.14. The van der Waals surface area contributed by atoms with Gasteiger partial charge in [0.15, 0.2) is 0 Å². The summed E-state index contributed by atoms with van der Waals surface area (Å²) in [7, 11) is 0. The summed E-state index contributed by atoms with van der Waals surface area (Å²) in [6.07, 6.45) is 0. The summed E-state index contributed by atoms with van der Waals surface area (Å²) in [4.78, 5) is 4.89. The fourth-order valence-corrected chi connectivity index (χ4v) is 2.45. The summed E-state index contributed by atoms with van der Waals surface area (Å²) >= 11 is 5.14. The van der Waals surface area contributed by atoms with Crippen molar-refractivity contribution in [3.63, 3.8) is 0 Å². The Kier molecular flexibility index (Phi) is 4.04. The van der Waals surface area contributed by atoms with E-state index in [2.05, 4.69) is 36.3 Å². The number of pyridine rings is 1. The van der Waals surface area contributed by atoms with Crippen molar-refractivity contribution in [2.24, 2.45) is 5.73 Å². The number of aryl methyl sites for hydroxylation is 4. The Balaban J connectivity index is 2.47. The number of rotatable bonds is 3. The first-order valence-electron chi connectivity index (χ1n) is 6.51. The van der Waals surface area contributed by atoms with Gasteiger partial charge in [-0.1, -0.05) is 18.3 Å². The van der Waals surface area contributed by atoms with Gasteiger partial charge in [0.2, 0.25) is 0 Å². The fraction of sp³-hybridized carbons (Fsp3) is 0.250. The Labute approximate surface area is 125 Å². The molecule has 1 heterocycles. The molecule has 0 atom stereocenters. The number of nitrogens with two attached hydrogens (primary N) is 1. The fourth-order valence-electron chi connectivity index (χ4n) is 2.19. The van der Waals surface area contributed by atoms with Crippen LogP contribution in [-0.4, -0.2) is 9.97 Å². The normalized spacial score (nSPS) is 10.4. The molecule has 0 saturated heterocycles. The largest absolute Gasteiger partial charge is 0.389 e. The van der Waals surface area contributed by atoms with Gasteiger partial charge in [0, 0.05) is 11.4 Å². The SMILES string of the molecule is Cc1cc(C)c(C(N)=S)c(Nc2ccc(C)c(C)c2)n1. The standard InChI is InChI=1S/C16H19N3S/c1-9-5-6-13(8-10(9)2)19-16-14(15(17)20)11(3)7-12(4)18-16/h5-8H,1-4H3,(H2,17,20)(H,18,19). The first-order valence-corrected chi connectivity index (χ1v) is 6.91. The molecule has 2 aromatic rings. The van der Waals surface area contributed by atoms with E-state index in [1.807, 2.05) is 26.0 Å². The number of hydrogen-bond donors (Lipinski definition) is 2. The zero-order valence-electron chi connectivity index (χ0n) is 12.2. The van der Waals surface area contributed by atoms with Gasteiger partial charge >= 0.3 is 0 Å². The molecule has 0 aliphatic carbocycles. The van der Waals surface area contributed by atoms with Crippen molar-refractivity contribution in [2.45, 2.75) is 27.7 Å². The molecule has 0 bridgehead atoms. The van der Waals surface area contributed by atoms with E-state index >= 15 is 0 Å². The van der Waals surface area contributed by atoms with Gasteiger partial charge in [0.05, 0.1) is 5.56 Å². The molecule has 0 amide bonds. The third-order valence-corrected chi connectivity index (χ3v) is 3.56. The number of nitrogens with zero attached hydrogens (tertiary/aromatic N) is 1. The summed E-state index contributed by atoms with van der Waals surface area (Å²) in [6.45, 7) is 8.13. The molecular formula is C16H19N3S. The maximum atomic E-state index is 5.82. The van der Waals surface area contributed by atoms with Crippen molar-refractivity contribution < 1.29 is 0 Å². The van der Waals surface area contributed by atoms with E-state index in [0.717, 1.165) is 28.3 Å². The predicted octanol–water partition coefficient (Wildman–Crippen LogP) is 3.69. The van der Waals surface area contributed by atoms with Crippen LogP contribution in [0.2, 0.25) is 0 Å². The molecule has 0 fully saturated rings. The molecule has 1 aromatic carbocycles. The number of hydrogen-bond acceptors (Lipinski definition) is 3. The highest BCUT2D eigenvalue weighted by atomic mass is 32.1. The van der Waals surface area contributed by atoms with E-state index in [0.29, 0.717) is 4.99 Å². The average Bonchev–Trinajstić information content (AvgIpc) is 2.32. The minimum Gasteiger partial charge on any atom is -0.389 e. The third kappa shape index (κ3) is 2.96. The van der Waals surface area contributed by atoms with Crippen LogP contribution in [0.4, 0.5) is 11.5 Å². The predicted molar refractivity (Wildman–Crippen MR) is 88.8 cm³/mol. The summed E-state index contributed by atoms with van der Waals surface area (Å²) in [5.74, 6) is 0.721. The molecule has 1 aromatic heterocycles. The van der Waals surface area contributed by atoms with Crippen LogP contribution in [0.25, 0.3) is 0 Å². The molecule has 0 radical (unpaired) electrons. The maximum Gasteiger partial charge on any atom is 0.141 e. The van der Waals surface area contributed by atoms with Crippen LogP contribution in [0.3, 0.4) is 0 Å².